The SMILES string of the molecule is NCCc1cccn1Cc1ccc(OC(F)(F)F)cc1. The zero-order valence-electron chi connectivity index (χ0n) is 10.7. The Morgan fingerprint density at radius 3 is 2.40 bits per heavy atom. The second-order valence-electron chi connectivity index (χ2n) is 4.36. The number of benzene rings is 1. The van der Waals surface area contributed by atoms with Gasteiger partial charge in [0.25, 0.3) is 0 Å². The molecule has 0 aliphatic rings. The fraction of sp³-hybridized carbons (Fsp3) is 0.286. The van der Waals surface area contributed by atoms with Crippen LogP contribution >= 0.6 is 0 Å². The molecule has 1 aromatic carbocycles. The third kappa shape index (κ3) is 4.03. The van der Waals surface area contributed by atoms with Gasteiger partial charge in [0.1, 0.15) is 5.75 Å². The summed E-state index contributed by atoms with van der Waals surface area (Å²) in [6.07, 6.45) is -1.97. The predicted octanol–water partition coefficient (Wildman–Crippen LogP) is 2.94. The molecular weight excluding hydrogens is 269 g/mol. The second-order valence-corrected chi connectivity index (χ2v) is 4.36. The number of nitrogens with two attached hydrogens (primary N) is 1. The van der Waals surface area contributed by atoms with E-state index in [9.17, 15) is 13.2 Å². The number of rotatable bonds is 5. The van der Waals surface area contributed by atoms with Gasteiger partial charge in [0.2, 0.25) is 0 Å². The fourth-order valence-corrected chi connectivity index (χ4v) is 1.97. The van der Waals surface area contributed by atoms with Crippen LogP contribution in [0.1, 0.15) is 11.3 Å². The first kappa shape index (κ1) is 14.5. The monoisotopic (exact) mass is 284 g/mol. The van der Waals surface area contributed by atoms with Crippen molar-refractivity contribution in [2.24, 2.45) is 5.73 Å². The summed E-state index contributed by atoms with van der Waals surface area (Å²) < 4.78 is 42.0. The maximum atomic E-state index is 12.0. The Bertz CT molecular complexity index is 546. The maximum Gasteiger partial charge on any atom is 0.573 e. The van der Waals surface area contributed by atoms with E-state index in [2.05, 4.69) is 4.74 Å². The second kappa shape index (κ2) is 6.00. The van der Waals surface area contributed by atoms with E-state index < -0.39 is 6.36 Å². The molecule has 3 nitrogen and oxygen atoms in total. The number of hydrogen-bond acceptors (Lipinski definition) is 2. The minimum Gasteiger partial charge on any atom is -0.406 e. The van der Waals surface area contributed by atoms with E-state index in [0.717, 1.165) is 17.7 Å². The van der Waals surface area contributed by atoms with Gasteiger partial charge in [0.05, 0.1) is 0 Å². The van der Waals surface area contributed by atoms with Crippen LogP contribution in [0, 0.1) is 0 Å². The molecule has 0 radical (unpaired) electrons. The third-order valence-corrected chi connectivity index (χ3v) is 2.83. The van der Waals surface area contributed by atoms with E-state index in [1.807, 2.05) is 22.9 Å². The van der Waals surface area contributed by atoms with Crippen LogP contribution in [-0.2, 0) is 13.0 Å². The molecule has 108 valence electrons. The van der Waals surface area contributed by atoms with Gasteiger partial charge in [-0.2, -0.15) is 0 Å². The lowest BCUT2D eigenvalue weighted by atomic mass is 10.2. The van der Waals surface area contributed by atoms with E-state index >= 15 is 0 Å². The van der Waals surface area contributed by atoms with Crippen LogP contribution in [0.2, 0.25) is 0 Å². The van der Waals surface area contributed by atoms with Crippen molar-refractivity contribution in [2.75, 3.05) is 6.54 Å². The van der Waals surface area contributed by atoms with E-state index in [1.165, 1.54) is 12.1 Å². The summed E-state index contributed by atoms with van der Waals surface area (Å²) in [5, 5.41) is 0. The number of ether oxygens (including phenoxy) is 1. The highest BCUT2D eigenvalue weighted by Crippen LogP contribution is 2.23. The number of nitrogens with zero attached hydrogens (tertiary/aromatic N) is 1. The van der Waals surface area contributed by atoms with Crippen molar-refractivity contribution in [2.45, 2.75) is 19.3 Å². The van der Waals surface area contributed by atoms with Gasteiger partial charge in [-0.05, 0) is 42.8 Å². The summed E-state index contributed by atoms with van der Waals surface area (Å²) in [6.45, 7) is 1.15. The van der Waals surface area contributed by atoms with Crippen molar-refractivity contribution in [1.29, 1.82) is 0 Å². The van der Waals surface area contributed by atoms with Crippen molar-refractivity contribution >= 4 is 0 Å². The Labute approximate surface area is 114 Å². The van der Waals surface area contributed by atoms with Gasteiger partial charge in [0, 0.05) is 18.4 Å². The van der Waals surface area contributed by atoms with Crippen molar-refractivity contribution in [3.63, 3.8) is 0 Å². The highest BCUT2D eigenvalue weighted by molar-refractivity contribution is 5.28. The zero-order chi connectivity index (χ0) is 14.6. The van der Waals surface area contributed by atoms with Gasteiger partial charge in [0.15, 0.2) is 0 Å². The lowest BCUT2D eigenvalue weighted by Crippen LogP contribution is -2.17. The van der Waals surface area contributed by atoms with Crippen LogP contribution in [0.5, 0.6) is 5.75 Å². The van der Waals surface area contributed by atoms with E-state index in [-0.39, 0.29) is 5.75 Å². The Morgan fingerprint density at radius 2 is 1.80 bits per heavy atom. The zero-order valence-corrected chi connectivity index (χ0v) is 10.7. The molecule has 1 heterocycles. The van der Waals surface area contributed by atoms with Crippen LogP contribution < -0.4 is 10.5 Å². The van der Waals surface area contributed by atoms with Crippen LogP contribution in [0.15, 0.2) is 42.6 Å². The van der Waals surface area contributed by atoms with Gasteiger partial charge in [-0.25, -0.2) is 0 Å². The largest absolute Gasteiger partial charge is 0.573 e. The highest BCUT2D eigenvalue weighted by atomic mass is 19.4. The molecule has 0 bridgehead atoms. The van der Waals surface area contributed by atoms with E-state index in [4.69, 9.17) is 5.73 Å². The lowest BCUT2D eigenvalue weighted by Gasteiger charge is -2.11. The topological polar surface area (TPSA) is 40.2 Å². The molecule has 20 heavy (non-hydrogen) atoms. The van der Waals surface area contributed by atoms with Crippen molar-refractivity contribution < 1.29 is 17.9 Å². The first-order valence-electron chi connectivity index (χ1n) is 6.17. The van der Waals surface area contributed by atoms with Crippen LogP contribution in [-0.4, -0.2) is 17.5 Å². The molecule has 6 heteroatoms. The first-order chi connectivity index (χ1) is 9.48. The van der Waals surface area contributed by atoms with E-state index in [1.54, 1.807) is 12.1 Å². The molecule has 1 aromatic heterocycles. The molecule has 2 rings (SSSR count). The van der Waals surface area contributed by atoms with Gasteiger partial charge < -0.3 is 15.0 Å². The standard InChI is InChI=1S/C14H15F3N2O/c15-14(16,17)20-13-5-3-11(4-6-13)10-19-9-1-2-12(19)7-8-18/h1-6,9H,7-8,10,18H2. The van der Waals surface area contributed by atoms with Gasteiger partial charge in [-0.15, -0.1) is 13.2 Å². The van der Waals surface area contributed by atoms with Gasteiger partial charge >= 0.3 is 6.36 Å². The smallest absolute Gasteiger partial charge is 0.406 e. The van der Waals surface area contributed by atoms with Crippen LogP contribution in [0.3, 0.4) is 0 Å². The normalized spacial score (nSPS) is 11.6. The lowest BCUT2D eigenvalue weighted by molar-refractivity contribution is -0.274. The molecule has 2 N–H and O–H groups in total. The van der Waals surface area contributed by atoms with Crippen LogP contribution in [0.25, 0.3) is 0 Å². The minimum absolute atomic E-state index is 0.212. The molecule has 0 saturated heterocycles. The summed E-state index contributed by atoms with van der Waals surface area (Å²) in [5.41, 5.74) is 7.52. The summed E-state index contributed by atoms with van der Waals surface area (Å²) >= 11 is 0. The quantitative estimate of drug-likeness (QED) is 0.917. The molecular formula is C14H15F3N2O. The average molecular weight is 284 g/mol. The summed E-state index contributed by atoms with van der Waals surface area (Å²) in [6, 6.07) is 9.77. The third-order valence-electron chi connectivity index (χ3n) is 2.83. The highest BCUT2D eigenvalue weighted by Gasteiger charge is 2.30. The molecule has 0 spiro atoms. The Kier molecular flexibility index (Phi) is 4.34. The van der Waals surface area contributed by atoms with Gasteiger partial charge in [-0.1, -0.05) is 12.1 Å². The average Bonchev–Trinajstić information content (AvgIpc) is 2.78. The van der Waals surface area contributed by atoms with Crippen LogP contribution in [0.4, 0.5) is 13.2 Å². The molecule has 0 amide bonds. The molecule has 0 aliphatic carbocycles. The Hall–Kier alpha value is -1.95. The molecule has 0 atom stereocenters. The van der Waals surface area contributed by atoms with E-state index in [0.29, 0.717) is 13.1 Å². The number of hydrogen-bond donors (Lipinski definition) is 1. The Morgan fingerprint density at radius 1 is 1.10 bits per heavy atom. The number of alkyl halides is 3. The molecule has 0 fully saturated rings. The predicted molar refractivity (Wildman–Crippen MR) is 69.4 cm³/mol. The summed E-state index contributed by atoms with van der Waals surface area (Å²) in [5.74, 6) is -0.212. The molecule has 0 aliphatic heterocycles. The first-order valence-corrected chi connectivity index (χ1v) is 6.17. The molecule has 0 saturated carbocycles. The Balaban J connectivity index is 2.05. The summed E-state index contributed by atoms with van der Waals surface area (Å²) in [4.78, 5) is 0. The number of aromatic nitrogens is 1. The minimum atomic E-state index is -4.66. The van der Waals surface area contributed by atoms with Gasteiger partial charge in [-0.3, -0.25) is 0 Å². The maximum absolute atomic E-state index is 12.0. The van der Waals surface area contributed by atoms with Crippen molar-refractivity contribution in [3.05, 3.63) is 53.9 Å². The summed E-state index contributed by atoms with van der Waals surface area (Å²) in [7, 11) is 0. The number of halogens is 3. The van der Waals surface area contributed by atoms with Crippen molar-refractivity contribution in [3.8, 4) is 5.75 Å². The molecule has 2 aromatic rings. The van der Waals surface area contributed by atoms with Crippen molar-refractivity contribution in [1.82, 2.24) is 4.57 Å². The fourth-order valence-electron chi connectivity index (χ4n) is 1.97. The molecule has 0 unspecified atom stereocenters.